The molecule has 1 N–H and O–H groups in total. The third-order valence-corrected chi connectivity index (χ3v) is 2.34. The van der Waals surface area contributed by atoms with Gasteiger partial charge in [0.25, 0.3) is 0 Å². The zero-order chi connectivity index (χ0) is 12.1. The van der Waals surface area contributed by atoms with Crippen molar-refractivity contribution >= 4 is 0 Å². The van der Waals surface area contributed by atoms with E-state index in [-0.39, 0.29) is 0 Å². The third-order valence-electron chi connectivity index (χ3n) is 2.34. The maximum absolute atomic E-state index is 4.34. The van der Waals surface area contributed by atoms with Crippen LogP contribution in [0.25, 0.3) is 11.4 Å². The van der Waals surface area contributed by atoms with Gasteiger partial charge in [0.05, 0.1) is 0 Å². The molecular formula is C13H16N4. The molecule has 88 valence electrons. The van der Waals surface area contributed by atoms with Crippen LogP contribution in [-0.4, -0.2) is 21.0 Å². The highest BCUT2D eigenvalue weighted by Gasteiger charge is 2.01. The molecule has 2 rings (SSSR count). The van der Waals surface area contributed by atoms with Gasteiger partial charge in [-0.1, -0.05) is 13.8 Å². The number of pyridine rings is 1. The molecule has 2 aromatic rings. The first kappa shape index (κ1) is 11.7. The van der Waals surface area contributed by atoms with E-state index in [1.54, 1.807) is 12.4 Å². The van der Waals surface area contributed by atoms with E-state index in [9.17, 15) is 0 Å². The second kappa shape index (κ2) is 5.50. The van der Waals surface area contributed by atoms with Crippen molar-refractivity contribution in [3.05, 3.63) is 42.5 Å². The SMILES string of the molecule is CC(C)NCc1cnc(-c2cccnc2)nc1. The predicted octanol–water partition coefficient (Wildman–Crippen LogP) is 2.04. The molecule has 0 aliphatic heterocycles. The summed E-state index contributed by atoms with van der Waals surface area (Å²) in [6.07, 6.45) is 7.21. The first-order valence-electron chi connectivity index (χ1n) is 5.70. The Hall–Kier alpha value is -1.81. The van der Waals surface area contributed by atoms with Crippen LogP contribution >= 0.6 is 0 Å². The second-order valence-corrected chi connectivity index (χ2v) is 4.19. The van der Waals surface area contributed by atoms with Crippen molar-refractivity contribution in [2.24, 2.45) is 0 Å². The van der Waals surface area contributed by atoms with Crippen molar-refractivity contribution in [1.82, 2.24) is 20.3 Å². The van der Waals surface area contributed by atoms with Crippen molar-refractivity contribution in [2.75, 3.05) is 0 Å². The molecule has 0 aromatic carbocycles. The number of hydrogen-bond donors (Lipinski definition) is 1. The fourth-order valence-electron chi connectivity index (χ4n) is 1.41. The Morgan fingerprint density at radius 3 is 2.53 bits per heavy atom. The molecule has 0 atom stereocenters. The Morgan fingerprint density at radius 2 is 1.94 bits per heavy atom. The molecule has 2 aromatic heterocycles. The maximum atomic E-state index is 4.34. The molecule has 0 saturated heterocycles. The molecule has 4 heteroatoms. The van der Waals surface area contributed by atoms with Gasteiger partial charge >= 0.3 is 0 Å². The van der Waals surface area contributed by atoms with Crippen molar-refractivity contribution in [3.8, 4) is 11.4 Å². The van der Waals surface area contributed by atoms with Gasteiger partial charge in [-0.05, 0) is 12.1 Å². The van der Waals surface area contributed by atoms with Crippen LogP contribution in [0.1, 0.15) is 19.4 Å². The lowest BCUT2D eigenvalue weighted by Crippen LogP contribution is -2.21. The predicted molar refractivity (Wildman–Crippen MR) is 67.2 cm³/mol. The van der Waals surface area contributed by atoms with Crippen LogP contribution in [0.4, 0.5) is 0 Å². The molecule has 0 spiro atoms. The van der Waals surface area contributed by atoms with Gasteiger partial charge in [0.15, 0.2) is 5.82 Å². The molecule has 0 aliphatic carbocycles. The molecule has 4 nitrogen and oxygen atoms in total. The van der Waals surface area contributed by atoms with Crippen LogP contribution in [-0.2, 0) is 6.54 Å². The van der Waals surface area contributed by atoms with Gasteiger partial charge < -0.3 is 5.32 Å². The Bertz CT molecular complexity index is 451. The number of nitrogens with one attached hydrogen (secondary N) is 1. The summed E-state index contributed by atoms with van der Waals surface area (Å²) in [5, 5.41) is 3.33. The highest BCUT2D eigenvalue weighted by molar-refractivity contribution is 5.52. The molecule has 17 heavy (non-hydrogen) atoms. The Labute approximate surface area is 101 Å². The highest BCUT2D eigenvalue weighted by Crippen LogP contribution is 2.11. The van der Waals surface area contributed by atoms with E-state index in [1.807, 2.05) is 24.5 Å². The summed E-state index contributed by atoms with van der Waals surface area (Å²) in [4.78, 5) is 12.7. The topological polar surface area (TPSA) is 50.7 Å². The van der Waals surface area contributed by atoms with Crippen LogP contribution in [0.5, 0.6) is 0 Å². The largest absolute Gasteiger partial charge is 0.310 e. The first-order valence-corrected chi connectivity index (χ1v) is 5.70. The smallest absolute Gasteiger partial charge is 0.160 e. The average molecular weight is 228 g/mol. The van der Waals surface area contributed by atoms with E-state index in [0.29, 0.717) is 11.9 Å². The summed E-state index contributed by atoms with van der Waals surface area (Å²) in [7, 11) is 0. The lowest BCUT2D eigenvalue weighted by molar-refractivity contribution is 0.587. The third kappa shape index (κ3) is 3.32. The van der Waals surface area contributed by atoms with Gasteiger partial charge in [-0.15, -0.1) is 0 Å². The second-order valence-electron chi connectivity index (χ2n) is 4.19. The quantitative estimate of drug-likeness (QED) is 0.870. The standard InChI is InChI=1S/C13H16N4/c1-10(2)15-6-11-7-16-13(17-8-11)12-4-3-5-14-9-12/h3-5,7-10,15H,6H2,1-2H3. The minimum absolute atomic E-state index is 0.466. The number of hydrogen-bond acceptors (Lipinski definition) is 4. The van der Waals surface area contributed by atoms with Gasteiger partial charge in [-0.3, -0.25) is 4.98 Å². The van der Waals surface area contributed by atoms with Crippen LogP contribution < -0.4 is 5.32 Å². The fraction of sp³-hybridized carbons (Fsp3) is 0.308. The Morgan fingerprint density at radius 1 is 1.18 bits per heavy atom. The van der Waals surface area contributed by atoms with E-state index >= 15 is 0 Å². The molecule has 0 saturated carbocycles. The normalized spacial score (nSPS) is 10.8. The Balaban J connectivity index is 2.08. The molecule has 0 aliphatic rings. The van der Waals surface area contributed by atoms with E-state index in [1.165, 1.54) is 0 Å². The molecule has 0 unspecified atom stereocenters. The van der Waals surface area contributed by atoms with E-state index in [2.05, 4.69) is 34.1 Å². The van der Waals surface area contributed by atoms with Gasteiger partial charge in [0, 0.05) is 48.5 Å². The lowest BCUT2D eigenvalue weighted by atomic mass is 10.2. The Kier molecular flexibility index (Phi) is 3.77. The maximum Gasteiger partial charge on any atom is 0.160 e. The van der Waals surface area contributed by atoms with E-state index in [4.69, 9.17) is 0 Å². The monoisotopic (exact) mass is 228 g/mol. The van der Waals surface area contributed by atoms with Gasteiger partial charge in [0.1, 0.15) is 0 Å². The molecule has 0 fully saturated rings. The number of nitrogens with zero attached hydrogens (tertiary/aromatic N) is 3. The van der Waals surface area contributed by atoms with E-state index < -0.39 is 0 Å². The molecule has 0 amide bonds. The average Bonchev–Trinajstić information content (AvgIpc) is 2.38. The highest BCUT2D eigenvalue weighted by atomic mass is 14.9. The zero-order valence-corrected chi connectivity index (χ0v) is 10.1. The lowest BCUT2D eigenvalue weighted by Gasteiger charge is -2.07. The zero-order valence-electron chi connectivity index (χ0n) is 10.1. The van der Waals surface area contributed by atoms with Crippen LogP contribution in [0.3, 0.4) is 0 Å². The summed E-state index contributed by atoms with van der Waals surface area (Å²) in [5.74, 6) is 0.714. The van der Waals surface area contributed by atoms with Crippen molar-refractivity contribution in [1.29, 1.82) is 0 Å². The summed E-state index contributed by atoms with van der Waals surface area (Å²) >= 11 is 0. The summed E-state index contributed by atoms with van der Waals surface area (Å²) in [5.41, 5.74) is 2.03. The molecule has 2 heterocycles. The van der Waals surface area contributed by atoms with Crippen molar-refractivity contribution < 1.29 is 0 Å². The van der Waals surface area contributed by atoms with Crippen molar-refractivity contribution in [2.45, 2.75) is 26.4 Å². The van der Waals surface area contributed by atoms with E-state index in [0.717, 1.165) is 17.7 Å². The first-order chi connectivity index (χ1) is 8.25. The summed E-state index contributed by atoms with van der Waals surface area (Å²) in [6.45, 7) is 5.03. The summed E-state index contributed by atoms with van der Waals surface area (Å²) < 4.78 is 0. The van der Waals surface area contributed by atoms with Gasteiger partial charge in [0.2, 0.25) is 0 Å². The van der Waals surface area contributed by atoms with Crippen molar-refractivity contribution in [3.63, 3.8) is 0 Å². The minimum Gasteiger partial charge on any atom is -0.310 e. The van der Waals surface area contributed by atoms with Gasteiger partial charge in [-0.2, -0.15) is 0 Å². The van der Waals surface area contributed by atoms with Crippen LogP contribution in [0, 0.1) is 0 Å². The summed E-state index contributed by atoms with van der Waals surface area (Å²) in [6, 6.07) is 4.30. The van der Waals surface area contributed by atoms with Crippen LogP contribution in [0.2, 0.25) is 0 Å². The number of aromatic nitrogens is 3. The number of rotatable bonds is 4. The fourth-order valence-corrected chi connectivity index (χ4v) is 1.41. The van der Waals surface area contributed by atoms with Gasteiger partial charge in [-0.25, -0.2) is 9.97 Å². The molecular weight excluding hydrogens is 212 g/mol. The molecule has 0 radical (unpaired) electrons. The molecule has 0 bridgehead atoms. The van der Waals surface area contributed by atoms with Crippen LogP contribution in [0.15, 0.2) is 36.9 Å². The minimum atomic E-state index is 0.466.